The van der Waals surface area contributed by atoms with Crippen molar-refractivity contribution in [2.24, 2.45) is 0 Å². The molecular formula is C17H15ClN4O2. The lowest BCUT2D eigenvalue weighted by Gasteiger charge is -2.08. The van der Waals surface area contributed by atoms with Crippen LogP contribution in [-0.2, 0) is 0 Å². The van der Waals surface area contributed by atoms with Crippen LogP contribution in [0.5, 0.6) is 5.75 Å². The average Bonchev–Trinajstić information content (AvgIpc) is 2.99. The normalized spacial score (nSPS) is 10.5. The lowest BCUT2D eigenvalue weighted by molar-refractivity contribution is 0.102. The topological polar surface area (TPSA) is 69.0 Å². The summed E-state index contributed by atoms with van der Waals surface area (Å²) in [5, 5.41) is 7.54. The van der Waals surface area contributed by atoms with Gasteiger partial charge in [0.1, 0.15) is 5.75 Å². The molecule has 7 heteroatoms. The van der Waals surface area contributed by atoms with Crippen molar-refractivity contribution in [1.82, 2.24) is 14.8 Å². The monoisotopic (exact) mass is 342 g/mol. The van der Waals surface area contributed by atoms with Gasteiger partial charge in [0.15, 0.2) is 5.82 Å². The lowest BCUT2D eigenvalue weighted by atomic mass is 10.2. The fraction of sp³-hybridized carbons (Fsp3) is 0.118. The third kappa shape index (κ3) is 3.09. The van der Waals surface area contributed by atoms with Crippen LogP contribution in [-0.4, -0.2) is 27.8 Å². The summed E-state index contributed by atoms with van der Waals surface area (Å²) in [6.07, 6.45) is 3.20. The van der Waals surface area contributed by atoms with E-state index in [2.05, 4.69) is 15.4 Å². The number of aromatic nitrogens is 3. The second kappa shape index (κ2) is 6.72. The zero-order valence-electron chi connectivity index (χ0n) is 13.2. The van der Waals surface area contributed by atoms with Gasteiger partial charge in [-0.25, -0.2) is 9.67 Å². The van der Waals surface area contributed by atoms with Gasteiger partial charge in [-0.2, -0.15) is 5.10 Å². The van der Waals surface area contributed by atoms with Gasteiger partial charge in [-0.1, -0.05) is 17.7 Å². The van der Waals surface area contributed by atoms with Crippen molar-refractivity contribution in [3.63, 3.8) is 0 Å². The first-order chi connectivity index (χ1) is 11.6. The van der Waals surface area contributed by atoms with Gasteiger partial charge < -0.3 is 10.1 Å². The molecule has 122 valence electrons. The Morgan fingerprint density at radius 1 is 1.29 bits per heavy atom. The predicted octanol–water partition coefficient (Wildman–Crippen LogP) is 3.49. The maximum absolute atomic E-state index is 12.5. The minimum Gasteiger partial charge on any atom is -0.495 e. The molecule has 1 aromatic carbocycles. The molecule has 2 aromatic heterocycles. The lowest BCUT2D eigenvalue weighted by Crippen LogP contribution is -2.13. The smallest absolute Gasteiger partial charge is 0.259 e. The zero-order chi connectivity index (χ0) is 17.1. The summed E-state index contributed by atoms with van der Waals surface area (Å²) in [6.45, 7) is 1.82. The van der Waals surface area contributed by atoms with Gasteiger partial charge in [-0.05, 0) is 31.2 Å². The van der Waals surface area contributed by atoms with Crippen LogP contribution in [0.3, 0.4) is 0 Å². The first kappa shape index (κ1) is 16.0. The number of nitrogens with zero attached hydrogens (tertiary/aromatic N) is 3. The second-order valence-corrected chi connectivity index (χ2v) is 5.45. The number of halogens is 1. The standard InChI is InChI=1S/C17H15ClN4O2/c1-11-13(10-20-22(11)16-5-3-4-8-19-16)17(23)21-12-6-7-14(18)15(9-12)24-2/h3-10H,1-2H3,(H,21,23). The minimum atomic E-state index is -0.265. The highest BCUT2D eigenvalue weighted by Crippen LogP contribution is 2.27. The number of ether oxygens (including phenoxy) is 1. The Balaban J connectivity index is 1.85. The molecule has 0 saturated carbocycles. The molecule has 0 aliphatic rings. The molecule has 2 heterocycles. The number of benzene rings is 1. The zero-order valence-corrected chi connectivity index (χ0v) is 13.9. The Hall–Kier alpha value is -2.86. The Kier molecular flexibility index (Phi) is 4.48. The average molecular weight is 343 g/mol. The van der Waals surface area contributed by atoms with Crippen molar-refractivity contribution >= 4 is 23.2 Å². The number of carbonyl (C=O) groups excluding carboxylic acids is 1. The van der Waals surface area contributed by atoms with Crippen molar-refractivity contribution in [2.75, 3.05) is 12.4 Å². The van der Waals surface area contributed by atoms with Crippen LogP contribution >= 0.6 is 11.6 Å². The quantitative estimate of drug-likeness (QED) is 0.788. The van der Waals surface area contributed by atoms with Crippen molar-refractivity contribution in [1.29, 1.82) is 0 Å². The first-order valence-electron chi connectivity index (χ1n) is 7.21. The van der Waals surface area contributed by atoms with Crippen LogP contribution in [0.4, 0.5) is 5.69 Å². The molecule has 3 rings (SSSR count). The highest BCUT2D eigenvalue weighted by molar-refractivity contribution is 6.32. The SMILES string of the molecule is COc1cc(NC(=O)c2cnn(-c3ccccn3)c2C)ccc1Cl. The summed E-state index contributed by atoms with van der Waals surface area (Å²) in [5.74, 6) is 0.886. The van der Waals surface area contributed by atoms with Crippen LogP contribution in [0.25, 0.3) is 5.82 Å². The number of methoxy groups -OCH3 is 1. The van der Waals surface area contributed by atoms with E-state index in [0.29, 0.717) is 33.5 Å². The number of hydrogen-bond acceptors (Lipinski definition) is 4. The largest absolute Gasteiger partial charge is 0.495 e. The number of amides is 1. The molecule has 6 nitrogen and oxygen atoms in total. The Labute approximate surface area is 144 Å². The van der Waals surface area contributed by atoms with Crippen LogP contribution in [0, 0.1) is 6.92 Å². The van der Waals surface area contributed by atoms with Crippen molar-refractivity contribution in [3.8, 4) is 11.6 Å². The van der Waals surface area contributed by atoms with E-state index in [4.69, 9.17) is 16.3 Å². The van der Waals surface area contributed by atoms with E-state index >= 15 is 0 Å². The molecule has 1 amide bonds. The van der Waals surface area contributed by atoms with Gasteiger partial charge in [0, 0.05) is 18.0 Å². The fourth-order valence-corrected chi connectivity index (χ4v) is 2.47. The molecule has 0 bridgehead atoms. The maximum Gasteiger partial charge on any atom is 0.259 e. The summed E-state index contributed by atoms with van der Waals surface area (Å²) in [4.78, 5) is 16.7. The van der Waals surface area contributed by atoms with Gasteiger partial charge in [-0.3, -0.25) is 4.79 Å². The van der Waals surface area contributed by atoms with Crippen LogP contribution in [0.15, 0.2) is 48.8 Å². The summed E-state index contributed by atoms with van der Waals surface area (Å²) < 4.78 is 6.77. The molecule has 0 aliphatic carbocycles. The van der Waals surface area contributed by atoms with Crippen LogP contribution in [0.1, 0.15) is 16.1 Å². The summed E-state index contributed by atoms with van der Waals surface area (Å²) in [6, 6.07) is 10.6. The molecular weight excluding hydrogens is 328 g/mol. The number of rotatable bonds is 4. The molecule has 0 saturated heterocycles. The summed E-state index contributed by atoms with van der Waals surface area (Å²) in [7, 11) is 1.52. The van der Waals surface area contributed by atoms with Crippen molar-refractivity contribution in [2.45, 2.75) is 6.92 Å². The van der Waals surface area contributed by atoms with Crippen LogP contribution < -0.4 is 10.1 Å². The highest BCUT2D eigenvalue weighted by atomic mass is 35.5. The molecule has 1 N–H and O–H groups in total. The number of anilines is 1. The highest BCUT2D eigenvalue weighted by Gasteiger charge is 2.16. The summed E-state index contributed by atoms with van der Waals surface area (Å²) in [5.41, 5.74) is 1.76. The molecule has 0 fully saturated rings. The number of hydrogen-bond donors (Lipinski definition) is 1. The van der Waals surface area contributed by atoms with E-state index in [-0.39, 0.29) is 5.91 Å². The van der Waals surface area contributed by atoms with Gasteiger partial charge in [-0.15, -0.1) is 0 Å². The van der Waals surface area contributed by atoms with Gasteiger partial charge in [0.2, 0.25) is 0 Å². The summed E-state index contributed by atoms with van der Waals surface area (Å²) >= 11 is 5.99. The Morgan fingerprint density at radius 2 is 2.12 bits per heavy atom. The number of nitrogens with one attached hydrogen (secondary N) is 1. The van der Waals surface area contributed by atoms with E-state index in [1.54, 1.807) is 29.1 Å². The Morgan fingerprint density at radius 3 is 2.83 bits per heavy atom. The molecule has 0 aliphatic heterocycles. The van der Waals surface area contributed by atoms with Gasteiger partial charge in [0.05, 0.1) is 29.6 Å². The number of carbonyl (C=O) groups is 1. The minimum absolute atomic E-state index is 0.265. The predicted molar refractivity (Wildman–Crippen MR) is 92.1 cm³/mol. The Bertz CT molecular complexity index is 878. The van der Waals surface area contributed by atoms with E-state index < -0.39 is 0 Å². The third-order valence-corrected chi connectivity index (χ3v) is 3.84. The molecule has 0 radical (unpaired) electrons. The van der Waals surface area contributed by atoms with Crippen LogP contribution in [0.2, 0.25) is 5.02 Å². The van der Waals surface area contributed by atoms with Gasteiger partial charge in [0.25, 0.3) is 5.91 Å². The van der Waals surface area contributed by atoms with E-state index in [9.17, 15) is 4.79 Å². The fourth-order valence-electron chi connectivity index (χ4n) is 2.28. The number of pyridine rings is 1. The van der Waals surface area contributed by atoms with E-state index in [1.807, 2.05) is 25.1 Å². The van der Waals surface area contributed by atoms with Crippen molar-refractivity contribution < 1.29 is 9.53 Å². The molecule has 24 heavy (non-hydrogen) atoms. The molecule has 0 unspecified atom stereocenters. The van der Waals surface area contributed by atoms with E-state index in [0.717, 1.165) is 0 Å². The molecule has 0 atom stereocenters. The first-order valence-corrected chi connectivity index (χ1v) is 7.59. The van der Waals surface area contributed by atoms with Crippen molar-refractivity contribution in [3.05, 3.63) is 65.1 Å². The molecule has 0 spiro atoms. The van der Waals surface area contributed by atoms with Gasteiger partial charge >= 0.3 is 0 Å². The van der Waals surface area contributed by atoms with E-state index in [1.165, 1.54) is 13.3 Å². The molecule has 3 aromatic rings. The third-order valence-electron chi connectivity index (χ3n) is 3.53. The second-order valence-electron chi connectivity index (χ2n) is 5.05. The maximum atomic E-state index is 12.5.